The van der Waals surface area contributed by atoms with Crippen LogP contribution in [0.15, 0.2) is 56.6 Å². The van der Waals surface area contributed by atoms with E-state index in [0.717, 1.165) is 10.5 Å². The van der Waals surface area contributed by atoms with E-state index >= 15 is 0 Å². The number of ether oxygens (including phenoxy) is 1. The van der Waals surface area contributed by atoms with Crippen LogP contribution < -0.4 is 10.2 Å². The summed E-state index contributed by atoms with van der Waals surface area (Å²) in [5, 5.41) is 2.84. The molecule has 0 aliphatic carbocycles. The highest BCUT2D eigenvalue weighted by Gasteiger charge is 2.18. The average molecular weight is 347 g/mol. The lowest BCUT2D eigenvalue weighted by atomic mass is 10.2. The number of thiophene rings is 1. The molecule has 2 aromatic heterocycles. The van der Waals surface area contributed by atoms with Gasteiger partial charge in [0.05, 0.1) is 10.3 Å². The molecule has 5 heteroatoms. The van der Waals surface area contributed by atoms with Crippen molar-refractivity contribution in [2.24, 2.45) is 0 Å². The Hall–Kier alpha value is -2.04. The first-order valence-corrected chi connectivity index (χ1v) is 8.38. The molecule has 0 saturated heterocycles. The van der Waals surface area contributed by atoms with E-state index in [9.17, 15) is 4.79 Å². The number of allylic oxidation sites excluding steroid dienone is 1. The maximum absolute atomic E-state index is 12.8. The molecule has 0 aliphatic rings. The predicted octanol–water partition coefficient (Wildman–Crippen LogP) is 5.52. The highest BCUT2D eigenvalue weighted by molar-refractivity contribution is 7.13. The summed E-state index contributed by atoms with van der Waals surface area (Å²) >= 11 is 7.50. The van der Waals surface area contributed by atoms with Crippen molar-refractivity contribution in [3.05, 3.63) is 62.6 Å². The normalized spacial score (nSPS) is 10.7. The van der Waals surface area contributed by atoms with E-state index in [4.69, 9.17) is 20.8 Å². The molecule has 0 unspecified atom stereocenters. The summed E-state index contributed by atoms with van der Waals surface area (Å²) in [7, 11) is 0. The fourth-order valence-electron chi connectivity index (χ4n) is 2.14. The Kier molecular flexibility index (Phi) is 4.55. The number of hydrogen-bond acceptors (Lipinski definition) is 4. The van der Waals surface area contributed by atoms with Gasteiger partial charge in [-0.25, -0.2) is 0 Å². The van der Waals surface area contributed by atoms with Crippen LogP contribution >= 0.6 is 22.9 Å². The molecule has 3 nitrogen and oxygen atoms in total. The smallest absolute Gasteiger partial charge is 0.235 e. The van der Waals surface area contributed by atoms with Crippen LogP contribution in [0.3, 0.4) is 0 Å². The van der Waals surface area contributed by atoms with Crippen LogP contribution in [0, 0.1) is 0 Å². The van der Waals surface area contributed by atoms with Gasteiger partial charge in [0.1, 0.15) is 12.2 Å². The van der Waals surface area contributed by atoms with Crippen LogP contribution in [-0.2, 0) is 0 Å². The first-order valence-electron chi connectivity index (χ1n) is 7.12. The molecule has 0 spiro atoms. The Morgan fingerprint density at radius 1 is 1.35 bits per heavy atom. The van der Waals surface area contributed by atoms with Crippen molar-refractivity contribution in [1.82, 2.24) is 0 Å². The minimum Gasteiger partial charge on any atom is -0.482 e. The monoisotopic (exact) mass is 346 g/mol. The fraction of sp³-hybridized carbons (Fsp3) is 0.167. The molecule has 0 saturated carbocycles. The van der Waals surface area contributed by atoms with Crippen molar-refractivity contribution in [2.75, 3.05) is 6.61 Å². The van der Waals surface area contributed by atoms with Gasteiger partial charge in [-0.1, -0.05) is 23.2 Å². The second kappa shape index (κ2) is 6.60. The van der Waals surface area contributed by atoms with Crippen LogP contribution in [0.4, 0.5) is 0 Å². The largest absolute Gasteiger partial charge is 0.482 e. The first-order chi connectivity index (χ1) is 11.1. The Labute approximate surface area is 142 Å². The molecule has 118 valence electrons. The number of fused-ring (bicyclic) bond motifs is 1. The molecular weight excluding hydrogens is 332 g/mol. The number of rotatable bonds is 4. The molecule has 0 bridgehead atoms. The number of hydrogen-bond donors (Lipinski definition) is 0. The lowest BCUT2D eigenvalue weighted by Crippen LogP contribution is -2.10. The van der Waals surface area contributed by atoms with Crippen LogP contribution in [0.2, 0.25) is 5.02 Å². The van der Waals surface area contributed by atoms with Gasteiger partial charge in [0.15, 0.2) is 5.76 Å². The second-order valence-electron chi connectivity index (χ2n) is 5.30. The van der Waals surface area contributed by atoms with Crippen molar-refractivity contribution in [3.8, 4) is 16.4 Å². The van der Waals surface area contributed by atoms with Crippen molar-refractivity contribution >= 4 is 33.9 Å². The van der Waals surface area contributed by atoms with E-state index < -0.39 is 0 Å². The average Bonchev–Trinajstić information content (AvgIpc) is 3.03. The SMILES string of the molecule is CC(C)=CCOc1c(-c2cccs2)oc2ccc(Cl)cc2c1=O. The summed E-state index contributed by atoms with van der Waals surface area (Å²) in [6.45, 7) is 4.27. The van der Waals surface area contributed by atoms with E-state index in [2.05, 4.69) is 0 Å². The van der Waals surface area contributed by atoms with Gasteiger partial charge in [-0.2, -0.15) is 0 Å². The van der Waals surface area contributed by atoms with Crippen LogP contribution in [0.1, 0.15) is 13.8 Å². The molecule has 0 radical (unpaired) electrons. The summed E-state index contributed by atoms with van der Waals surface area (Å²) in [5.74, 6) is 0.682. The van der Waals surface area contributed by atoms with Gasteiger partial charge in [-0.3, -0.25) is 4.79 Å². The van der Waals surface area contributed by atoms with Crippen molar-refractivity contribution in [2.45, 2.75) is 13.8 Å². The van der Waals surface area contributed by atoms with Crippen molar-refractivity contribution in [3.63, 3.8) is 0 Å². The summed E-state index contributed by atoms with van der Waals surface area (Å²) in [4.78, 5) is 13.7. The summed E-state index contributed by atoms with van der Waals surface area (Å²) < 4.78 is 11.7. The quantitative estimate of drug-likeness (QED) is 0.584. The zero-order chi connectivity index (χ0) is 16.4. The zero-order valence-corrected chi connectivity index (χ0v) is 14.3. The molecule has 0 amide bonds. The molecule has 2 heterocycles. The molecule has 3 aromatic rings. The van der Waals surface area contributed by atoms with E-state index in [1.807, 2.05) is 37.4 Å². The van der Waals surface area contributed by atoms with Gasteiger partial charge in [0.2, 0.25) is 11.2 Å². The van der Waals surface area contributed by atoms with Gasteiger partial charge < -0.3 is 9.15 Å². The van der Waals surface area contributed by atoms with Crippen LogP contribution in [-0.4, -0.2) is 6.61 Å². The van der Waals surface area contributed by atoms with Gasteiger partial charge in [-0.15, -0.1) is 11.3 Å². The summed E-state index contributed by atoms with van der Waals surface area (Å²) in [6, 6.07) is 8.82. The third-order valence-corrected chi connectivity index (χ3v) is 4.38. The van der Waals surface area contributed by atoms with E-state index in [-0.39, 0.29) is 11.2 Å². The lowest BCUT2D eigenvalue weighted by Gasteiger charge is -2.09. The zero-order valence-electron chi connectivity index (χ0n) is 12.8. The summed E-state index contributed by atoms with van der Waals surface area (Å²) in [6.07, 6.45) is 1.92. The van der Waals surface area contributed by atoms with E-state index in [1.165, 1.54) is 11.3 Å². The molecule has 0 atom stereocenters. The standard InChI is InChI=1S/C18H15ClO3S/c1-11(2)7-8-21-18-16(20)13-10-12(19)5-6-14(13)22-17(18)15-4-3-9-23-15/h3-7,9-10H,8H2,1-2H3. The van der Waals surface area contributed by atoms with Crippen LogP contribution in [0.25, 0.3) is 21.6 Å². The predicted molar refractivity (Wildman–Crippen MR) is 95.7 cm³/mol. The Balaban J connectivity index is 2.20. The molecule has 3 rings (SSSR count). The molecule has 1 aromatic carbocycles. The highest BCUT2D eigenvalue weighted by Crippen LogP contribution is 2.34. The van der Waals surface area contributed by atoms with Gasteiger partial charge in [-0.05, 0) is 49.6 Å². The maximum Gasteiger partial charge on any atom is 0.235 e. The highest BCUT2D eigenvalue weighted by atomic mass is 35.5. The Morgan fingerprint density at radius 3 is 2.87 bits per heavy atom. The van der Waals surface area contributed by atoms with E-state index in [1.54, 1.807) is 18.2 Å². The maximum atomic E-state index is 12.8. The topological polar surface area (TPSA) is 39.4 Å². The lowest BCUT2D eigenvalue weighted by molar-refractivity contribution is 0.350. The molecule has 0 fully saturated rings. The Morgan fingerprint density at radius 2 is 2.17 bits per heavy atom. The third kappa shape index (κ3) is 3.33. The fourth-order valence-corrected chi connectivity index (χ4v) is 3.02. The second-order valence-corrected chi connectivity index (χ2v) is 6.68. The molecule has 0 N–H and O–H groups in total. The summed E-state index contributed by atoms with van der Waals surface area (Å²) in [5.41, 5.74) is 1.41. The molecule has 23 heavy (non-hydrogen) atoms. The van der Waals surface area contributed by atoms with E-state index in [0.29, 0.717) is 28.4 Å². The van der Waals surface area contributed by atoms with Gasteiger partial charge in [0.25, 0.3) is 0 Å². The van der Waals surface area contributed by atoms with Gasteiger partial charge >= 0.3 is 0 Å². The Bertz CT molecular complexity index is 919. The third-order valence-electron chi connectivity index (χ3n) is 3.27. The first kappa shape index (κ1) is 15.8. The molecule has 0 aliphatic heterocycles. The van der Waals surface area contributed by atoms with Crippen molar-refractivity contribution in [1.29, 1.82) is 0 Å². The van der Waals surface area contributed by atoms with Crippen LogP contribution in [0.5, 0.6) is 5.75 Å². The minimum atomic E-state index is -0.209. The minimum absolute atomic E-state index is 0.209. The number of benzene rings is 1. The number of halogens is 1. The van der Waals surface area contributed by atoms with Gasteiger partial charge in [0, 0.05) is 5.02 Å². The molecular formula is C18H15ClO3S. The van der Waals surface area contributed by atoms with Crippen molar-refractivity contribution < 1.29 is 9.15 Å².